The summed E-state index contributed by atoms with van der Waals surface area (Å²) in [6.07, 6.45) is 1.01. The van der Waals surface area contributed by atoms with Crippen LogP contribution in [0.15, 0.2) is 108 Å². The molecule has 2 heterocycles. The van der Waals surface area contributed by atoms with E-state index >= 15 is 0 Å². The van der Waals surface area contributed by atoms with Crippen LogP contribution in [0.3, 0.4) is 0 Å². The fraction of sp³-hybridized carbons (Fsp3) is 0.125. The lowest BCUT2D eigenvalue weighted by atomic mass is 9.96. The second kappa shape index (κ2) is 9.78. The molecule has 1 unspecified atom stereocenters. The van der Waals surface area contributed by atoms with Gasteiger partial charge in [0.1, 0.15) is 0 Å². The Kier molecular flexibility index (Phi) is 6.03. The Labute approximate surface area is 215 Å². The van der Waals surface area contributed by atoms with E-state index in [-0.39, 0.29) is 0 Å². The molecule has 2 aromatic heterocycles. The van der Waals surface area contributed by atoms with Crippen LogP contribution in [0.1, 0.15) is 31.9 Å². The maximum absolute atomic E-state index is 5.90. The van der Waals surface area contributed by atoms with Crippen molar-refractivity contribution < 1.29 is 4.42 Å². The number of para-hydroxylation sites is 2. The molecule has 180 valence electrons. The summed E-state index contributed by atoms with van der Waals surface area (Å²) in [6, 6.07) is 34.6. The zero-order valence-corrected chi connectivity index (χ0v) is 20.8. The number of hydrogen-bond donors (Lipinski definition) is 0. The molecular formula is C32H26N4O. The lowest BCUT2D eigenvalue weighted by Gasteiger charge is -2.15. The minimum absolute atomic E-state index is 0.325. The van der Waals surface area contributed by atoms with E-state index in [1.165, 1.54) is 0 Å². The Morgan fingerprint density at radius 2 is 1.05 bits per heavy atom. The summed E-state index contributed by atoms with van der Waals surface area (Å²) in [5.74, 6) is 1.35. The van der Waals surface area contributed by atoms with Crippen LogP contribution < -0.4 is 0 Å². The Balaban J connectivity index is 1.28. The topological polar surface area (TPSA) is 64.7 Å². The predicted molar refractivity (Wildman–Crippen MR) is 148 cm³/mol. The van der Waals surface area contributed by atoms with Gasteiger partial charge in [0.15, 0.2) is 0 Å². The summed E-state index contributed by atoms with van der Waals surface area (Å²) < 4.78 is 5.90. The highest BCUT2D eigenvalue weighted by Crippen LogP contribution is 2.32. The number of fused-ring (bicyclic) bond motifs is 1. The highest BCUT2D eigenvalue weighted by Gasteiger charge is 2.16. The molecule has 0 saturated heterocycles. The molecule has 5 nitrogen and oxygen atoms in total. The van der Waals surface area contributed by atoms with Crippen LogP contribution in [0, 0.1) is 0 Å². The van der Waals surface area contributed by atoms with Crippen molar-refractivity contribution in [2.24, 2.45) is 0 Å². The molecule has 0 radical (unpaired) electrons. The standard InChI is InChI=1S/C32H26N4O/c1-3-21(2)29-30(34-28-12-8-7-11-27(28)33-29)24-17-13-22(14-18-24)23-15-19-26(20-16-23)32-36-35-31(37-32)25-9-5-4-6-10-25/h4-21H,3H2,1-2H3. The number of aromatic nitrogens is 4. The molecule has 0 spiro atoms. The van der Waals surface area contributed by atoms with Crippen molar-refractivity contribution in [1.29, 1.82) is 0 Å². The quantitative estimate of drug-likeness (QED) is 0.239. The van der Waals surface area contributed by atoms with Gasteiger partial charge in [-0.1, -0.05) is 80.6 Å². The highest BCUT2D eigenvalue weighted by molar-refractivity contribution is 5.79. The maximum atomic E-state index is 5.90. The van der Waals surface area contributed by atoms with Crippen molar-refractivity contribution in [3.05, 3.63) is 109 Å². The molecule has 0 amide bonds. The van der Waals surface area contributed by atoms with E-state index in [1.54, 1.807) is 0 Å². The number of hydrogen-bond acceptors (Lipinski definition) is 5. The summed E-state index contributed by atoms with van der Waals surface area (Å²) in [5.41, 5.74) is 8.98. The van der Waals surface area contributed by atoms with E-state index in [2.05, 4.69) is 60.4 Å². The van der Waals surface area contributed by atoms with Crippen LogP contribution in [0.5, 0.6) is 0 Å². The minimum Gasteiger partial charge on any atom is -0.416 e. The molecule has 0 fully saturated rings. The Morgan fingerprint density at radius 1 is 0.568 bits per heavy atom. The third-order valence-electron chi connectivity index (χ3n) is 6.75. The molecule has 0 aliphatic rings. The third kappa shape index (κ3) is 4.52. The summed E-state index contributed by atoms with van der Waals surface area (Å²) in [7, 11) is 0. The first-order chi connectivity index (χ1) is 18.2. The second-order valence-electron chi connectivity index (χ2n) is 9.19. The van der Waals surface area contributed by atoms with Gasteiger partial charge in [0.05, 0.1) is 22.4 Å². The summed E-state index contributed by atoms with van der Waals surface area (Å²) in [5, 5.41) is 8.43. The van der Waals surface area contributed by atoms with Crippen molar-refractivity contribution in [2.45, 2.75) is 26.2 Å². The first-order valence-electron chi connectivity index (χ1n) is 12.6. The van der Waals surface area contributed by atoms with Crippen LogP contribution >= 0.6 is 0 Å². The molecule has 1 atom stereocenters. The molecule has 6 aromatic rings. The van der Waals surface area contributed by atoms with Crippen molar-refractivity contribution in [2.75, 3.05) is 0 Å². The van der Waals surface area contributed by atoms with Gasteiger partial charge in [-0.05, 0) is 53.9 Å². The van der Waals surface area contributed by atoms with Gasteiger partial charge < -0.3 is 4.42 Å². The molecule has 0 bridgehead atoms. The van der Waals surface area contributed by atoms with E-state index in [0.29, 0.717) is 17.7 Å². The van der Waals surface area contributed by atoms with E-state index in [9.17, 15) is 0 Å². The van der Waals surface area contributed by atoms with Crippen LogP contribution in [-0.2, 0) is 0 Å². The average molecular weight is 483 g/mol. The molecule has 0 aliphatic heterocycles. The lowest BCUT2D eigenvalue weighted by Crippen LogP contribution is -2.02. The van der Waals surface area contributed by atoms with Gasteiger partial charge in [0.25, 0.3) is 0 Å². The Hall–Kier alpha value is -4.64. The first kappa shape index (κ1) is 22.8. The Morgan fingerprint density at radius 3 is 1.65 bits per heavy atom. The van der Waals surface area contributed by atoms with Crippen LogP contribution in [0.25, 0.3) is 56.3 Å². The second-order valence-corrected chi connectivity index (χ2v) is 9.19. The van der Waals surface area contributed by atoms with E-state index in [0.717, 1.165) is 56.7 Å². The largest absolute Gasteiger partial charge is 0.416 e. The van der Waals surface area contributed by atoms with Gasteiger partial charge in [-0.15, -0.1) is 10.2 Å². The third-order valence-corrected chi connectivity index (χ3v) is 6.75. The van der Waals surface area contributed by atoms with Crippen LogP contribution in [0.4, 0.5) is 0 Å². The monoisotopic (exact) mass is 482 g/mol. The van der Waals surface area contributed by atoms with Crippen LogP contribution in [-0.4, -0.2) is 20.2 Å². The Bertz CT molecular complexity index is 1660. The van der Waals surface area contributed by atoms with Crippen molar-refractivity contribution in [1.82, 2.24) is 20.2 Å². The molecule has 4 aromatic carbocycles. The number of rotatable bonds is 6. The molecule has 6 rings (SSSR count). The SMILES string of the molecule is CCC(C)c1nc2ccccc2nc1-c1ccc(-c2ccc(-c3nnc(-c4ccccc4)o3)cc2)cc1. The molecular weight excluding hydrogens is 456 g/mol. The predicted octanol–water partition coefficient (Wildman–Crippen LogP) is 8.19. The van der Waals surface area contributed by atoms with Gasteiger partial charge in [-0.2, -0.15) is 0 Å². The van der Waals surface area contributed by atoms with E-state index in [4.69, 9.17) is 14.4 Å². The van der Waals surface area contributed by atoms with Gasteiger partial charge in [0, 0.05) is 22.6 Å². The maximum Gasteiger partial charge on any atom is 0.248 e. The number of nitrogens with zero attached hydrogens (tertiary/aromatic N) is 4. The fourth-order valence-corrected chi connectivity index (χ4v) is 4.43. The van der Waals surface area contributed by atoms with E-state index < -0.39 is 0 Å². The van der Waals surface area contributed by atoms with E-state index in [1.807, 2.05) is 66.7 Å². The molecule has 37 heavy (non-hydrogen) atoms. The average Bonchev–Trinajstić information content (AvgIpc) is 3.47. The van der Waals surface area contributed by atoms with Crippen LogP contribution in [0.2, 0.25) is 0 Å². The molecule has 0 N–H and O–H groups in total. The first-order valence-corrected chi connectivity index (χ1v) is 12.6. The fourth-order valence-electron chi connectivity index (χ4n) is 4.43. The van der Waals surface area contributed by atoms with Crippen molar-refractivity contribution >= 4 is 11.0 Å². The minimum atomic E-state index is 0.325. The zero-order chi connectivity index (χ0) is 25.2. The summed E-state index contributed by atoms with van der Waals surface area (Å²) >= 11 is 0. The highest BCUT2D eigenvalue weighted by atomic mass is 16.4. The summed E-state index contributed by atoms with van der Waals surface area (Å²) in [4.78, 5) is 9.98. The van der Waals surface area contributed by atoms with Gasteiger partial charge in [-0.25, -0.2) is 9.97 Å². The molecule has 5 heteroatoms. The van der Waals surface area contributed by atoms with Crippen molar-refractivity contribution in [3.8, 4) is 45.3 Å². The molecule has 0 saturated carbocycles. The van der Waals surface area contributed by atoms with Gasteiger partial charge in [-0.3, -0.25) is 0 Å². The zero-order valence-electron chi connectivity index (χ0n) is 20.8. The van der Waals surface area contributed by atoms with Crippen molar-refractivity contribution in [3.63, 3.8) is 0 Å². The van der Waals surface area contributed by atoms with Gasteiger partial charge >= 0.3 is 0 Å². The smallest absolute Gasteiger partial charge is 0.248 e. The normalized spacial score (nSPS) is 12.1. The summed E-state index contributed by atoms with van der Waals surface area (Å²) in [6.45, 7) is 4.40. The van der Waals surface area contributed by atoms with Gasteiger partial charge in [0.2, 0.25) is 11.8 Å². The number of benzene rings is 4. The lowest BCUT2D eigenvalue weighted by molar-refractivity contribution is 0.584. The molecule has 0 aliphatic carbocycles.